The van der Waals surface area contributed by atoms with Crippen LogP contribution in [0.15, 0.2) is 122 Å². The van der Waals surface area contributed by atoms with E-state index in [0.717, 1.165) is 0 Å². The van der Waals surface area contributed by atoms with Crippen LogP contribution in [-0.2, 0) is 38.2 Å². The standard InChI is InChI=1S/C29H25N7O7.C25H23N7O3.C4H2Cl2O3.2CH4/c1-15-14-35(27(39)16-5-3-2-4-6-16)9-10-36(15)28(40)23(37)18-11-32-21-17(18)7-8-31-22(21)19-12-30-13-20(33-19)34-26(38)24-25(43-24)29(41)42;1-15-14-31(24(34)16-5-3-2-4-6-16)9-10-32(15)25(35)23(33)18-11-29-21-17(18)7-8-28-22(21)19-12-27-13-20(26)30-19;5-3(7)1-2(9-1)4(6)8;;/h2-8,11-13,15,24-25,32H,9-10,14H2,1H3,(H,41,42)(H,33,34,38);2-8,11-13,15,29H,9-10,14H2,1H3,(H2,26,30);1-2H;2*1H4/t15-,24?,25?;15-;;;/m11.../s1. The Bertz CT molecular complexity index is 4040. The number of epoxide rings is 2. The van der Waals surface area contributed by atoms with Gasteiger partial charge in [-0.2, -0.15) is 0 Å². The van der Waals surface area contributed by atoms with Crippen LogP contribution in [0.25, 0.3) is 44.6 Å². The minimum atomic E-state index is -1.23. The second-order valence-electron chi connectivity index (χ2n) is 20.2. The van der Waals surface area contributed by atoms with Gasteiger partial charge in [-0.05, 0) is 73.4 Å². The number of nitrogens with two attached hydrogens (primary N) is 1. The lowest BCUT2D eigenvalue weighted by Crippen LogP contribution is -2.56. The Labute approximate surface area is 516 Å². The van der Waals surface area contributed by atoms with Crippen molar-refractivity contribution < 1.29 is 62.5 Å². The first-order chi connectivity index (χ1) is 41.8. The summed E-state index contributed by atoms with van der Waals surface area (Å²) in [7, 11) is 0. The van der Waals surface area contributed by atoms with Crippen molar-refractivity contribution in [3.63, 3.8) is 0 Å². The second-order valence-corrected chi connectivity index (χ2v) is 20.9. The number of nitrogens with one attached hydrogen (secondary N) is 3. The second kappa shape index (κ2) is 27.6. The fourth-order valence-corrected chi connectivity index (χ4v) is 10.3. The molecular weight excluding hydrogens is 1200 g/mol. The molecular formula is C60H58Cl2N14O13. The number of ether oxygens (including phenoxy) is 2. The van der Waals surface area contributed by atoms with E-state index in [4.69, 9.17) is 38.8 Å². The molecule has 29 heteroatoms. The average Bonchev–Trinajstić information content (AvgIpc) is 2.24. The summed E-state index contributed by atoms with van der Waals surface area (Å²) in [6.45, 7) is 5.43. The number of carboxylic acids is 1. The maximum Gasteiger partial charge on any atom is 0.336 e. The monoisotopic (exact) mass is 1250 g/mol. The number of fused-ring (bicyclic) bond motifs is 2. The Morgan fingerprint density at radius 1 is 0.584 bits per heavy atom. The van der Waals surface area contributed by atoms with Gasteiger partial charge in [0.25, 0.3) is 51.6 Å². The average molecular weight is 1250 g/mol. The molecule has 4 aliphatic rings. The van der Waals surface area contributed by atoms with Crippen molar-refractivity contribution in [2.75, 3.05) is 50.3 Å². The van der Waals surface area contributed by atoms with E-state index >= 15 is 0 Å². The number of nitrogen functional groups attached to an aromatic ring is 1. The SMILES string of the molecule is C.C.C[C@@H]1CN(C(=O)c2ccccc2)CCN1C(=O)C(=O)c1c[nH]c2c(-c3cncc(N)n3)nccc12.C[C@@H]1CN(C(=O)c2ccccc2)CCN1C(=O)C(=O)c1c[nH]c2c(-c3cncc(NC(=O)C4OC4C(=O)O)n3)nccc12.O=C(Cl)C1OC1C(=O)Cl. The highest BCUT2D eigenvalue weighted by atomic mass is 35.5. The predicted molar refractivity (Wildman–Crippen MR) is 323 cm³/mol. The van der Waals surface area contributed by atoms with Crippen LogP contribution in [0.3, 0.4) is 0 Å². The number of Topliss-reactive ketones (excluding diaryl/α,β-unsaturated/α-hetero) is 2. The summed E-state index contributed by atoms with van der Waals surface area (Å²) in [4.78, 5) is 160. The molecule has 6 N–H and O–H groups in total. The van der Waals surface area contributed by atoms with Crippen LogP contribution in [0.1, 0.15) is 70.1 Å². The summed E-state index contributed by atoms with van der Waals surface area (Å²) in [5.74, 6) is -4.42. The zero-order valence-electron chi connectivity index (χ0n) is 45.9. The number of rotatable bonds is 13. The first-order valence-electron chi connectivity index (χ1n) is 26.7. The number of hydrogen-bond acceptors (Lipinski definition) is 19. The van der Waals surface area contributed by atoms with Gasteiger partial charge in [0.1, 0.15) is 28.6 Å². The summed E-state index contributed by atoms with van der Waals surface area (Å²) in [5.41, 5.74) is 9.83. The van der Waals surface area contributed by atoms with Gasteiger partial charge < -0.3 is 55.2 Å². The maximum absolute atomic E-state index is 13.4. The Morgan fingerprint density at radius 2 is 1.02 bits per heavy atom. The number of piperazine rings is 2. The number of hydrogen-bond donors (Lipinski definition) is 5. The van der Waals surface area contributed by atoms with Gasteiger partial charge >= 0.3 is 5.97 Å². The van der Waals surface area contributed by atoms with Crippen molar-refractivity contribution in [1.29, 1.82) is 0 Å². The molecule has 0 spiro atoms. The number of aromatic nitrogens is 8. The first kappa shape index (κ1) is 64.8. The van der Waals surface area contributed by atoms with Crippen LogP contribution >= 0.6 is 23.2 Å². The van der Waals surface area contributed by atoms with E-state index in [1.807, 2.05) is 31.2 Å². The molecule has 4 saturated heterocycles. The summed E-state index contributed by atoms with van der Waals surface area (Å²) < 4.78 is 9.33. The Balaban J connectivity index is 0.000000200. The van der Waals surface area contributed by atoms with Gasteiger partial charge in [-0.1, -0.05) is 51.3 Å². The fourth-order valence-electron chi connectivity index (χ4n) is 9.97. The normalized spacial score (nSPS) is 18.9. The molecule has 5 amide bonds. The highest BCUT2D eigenvalue weighted by Crippen LogP contribution is 2.31. The van der Waals surface area contributed by atoms with E-state index in [2.05, 4.69) is 49.9 Å². The maximum atomic E-state index is 13.4. The van der Waals surface area contributed by atoms with E-state index < -0.39 is 70.2 Å². The summed E-state index contributed by atoms with van der Waals surface area (Å²) in [6.07, 6.45) is 7.72. The first-order valence-corrected chi connectivity index (χ1v) is 27.5. The van der Waals surface area contributed by atoms with Gasteiger partial charge in [0.05, 0.1) is 46.9 Å². The van der Waals surface area contributed by atoms with Crippen molar-refractivity contribution in [1.82, 2.24) is 59.5 Å². The number of halogens is 2. The third kappa shape index (κ3) is 14.1. The van der Waals surface area contributed by atoms with Gasteiger partial charge in [0.15, 0.2) is 30.2 Å². The van der Waals surface area contributed by atoms with Crippen LogP contribution in [0.4, 0.5) is 11.6 Å². The topological polar surface area (TPSA) is 376 Å². The molecule has 4 unspecified atom stereocenters. The van der Waals surface area contributed by atoms with E-state index in [-0.39, 0.29) is 80.3 Å². The number of H-pyrrole nitrogens is 2. The summed E-state index contributed by atoms with van der Waals surface area (Å²) in [5, 5.41) is 11.1. The van der Waals surface area contributed by atoms with Gasteiger partial charge in [0.2, 0.25) is 0 Å². The van der Waals surface area contributed by atoms with Crippen LogP contribution in [-0.4, -0.2) is 198 Å². The summed E-state index contributed by atoms with van der Waals surface area (Å²) in [6, 6.07) is 20.5. The lowest BCUT2D eigenvalue weighted by molar-refractivity contribution is -0.138. The highest BCUT2D eigenvalue weighted by Gasteiger charge is 2.51. The number of aromatic amines is 2. The molecule has 4 aliphatic heterocycles. The van der Waals surface area contributed by atoms with E-state index in [0.29, 0.717) is 76.2 Å². The van der Waals surface area contributed by atoms with Gasteiger partial charge in [-0.15, -0.1) is 0 Å². The quantitative estimate of drug-likeness (QED) is 0.0435. The fraction of sp³-hybridized carbons (Fsp3) is 0.267. The molecule has 12 rings (SSSR count). The van der Waals surface area contributed by atoms with Crippen molar-refractivity contribution in [3.8, 4) is 22.8 Å². The molecule has 10 heterocycles. The third-order valence-corrected chi connectivity index (χ3v) is 14.9. The minimum Gasteiger partial charge on any atom is -0.479 e. The highest BCUT2D eigenvalue weighted by molar-refractivity contribution is 6.68. The molecule has 2 aromatic carbocycles. The number of anilines is 2. The Kier molecular flexibility index (Phi) is 20.1. The molecule has 6 aromatic heterocycles. The Morgan fingerprint density at radius 3 is 1.43 bits per heavy atom. The molecule has 0 aliphatic carbocycles. The van der Waals surface area contributed by atoms with Crippen molar-refractivity contribution >= 4 is 114 Å². The van der Waals surface area contributed by atoms with Crippen LogP contribution in [0.5, 0.6) is 0 Å². The van der Waals surface area contributed by atoms with Gasteiger partial charge in [-0.3, -0.25) is 63.1 Å². The van der Waals surface area contributed by atoms with E-state index in [9.17, 15) is 47.9 Å². The number of aliphatic carboxylic acids is 1. The molecule has 27 nitrogen and oxygen atoms in total. The number of benzene rings is 2. The number of amides is 5. The summed E-state index contributed by atoms with van der Waals surface area (Å²) >= 11 is 9.88. The largest absolute Gasteiger partial charge is 0.479 e. The van der Waals surface area contributed by atoms with E-state index in [1.165, 1.54) is 53.2 Å². The number of ketones is 2. The molecule has 8 aromatic rings. The molecule has 4 fully saturated rings. The van der Waals surface area contributed by atoms with Crippen molar-refractivity contribution in [2.45, 2.75) is 65.2 Å². The van der Waals surface area contributed by atoms with Gasteiger partial charge in [-0.25, -0.2) is 14.8 Å². The lowest BCUT2D eigenvalue weighted by atomic mass is 10.1. The predicted octanol–water partition coefficient (Wildman–Crippen LogP) is 5.08. The number of carbonyl (C=O) groups excluding carboxylic acids is 9. The van der Waals surface area contributed by atoms with E-state index in [1.54, 1.807) is 71.5 Å². The van der Waals surface area contributed by atoms with Gasteiger partial charge in [0, 0.05) is 98.0 Å². The molecule has 0 bridgehead atoms. The zero-order chi connectivity index (χ0) is 61.8. The molecule has 0 saturated carbocycles. The Hall–Kier alpha value is -10.2. The minimum absolute atomic E-state index is 0. The number of pyridine rings is 2. The zero-order valence-corrected chi connectivity index (χ0v) is 47.4. The van der Waals surface area contributed by atoms with Crippen LogP contribution < -0.4 is 11.1 Å². The van der Waals surface area contributed by atoms with Crippen molar-refractivity contribution in [3.05, 3.63) is 145 Å². The number of nitrogens with zero attached hydrogens (tertiary/aromatic N) is 10. The third-order valence-electron chi connectivity index (χ3n) is 14.4. The molecule has 460 valence electrons. The van der Waals surface area contributed by atoms with Crippen molar-refractivity contribution in [2.24, 2.45) is 0 Å². The smallest absolute Gasteiger partial charge is 0.336 e. The molecule has 89 heavy (non-hydrogen) atoms. The number of carbonyl (C=O) groups is 10. The van der Waals surface area contributed by atoms with Crippen LogP contribution in [0, 0.1) is 0 Å². The number of carboxylic acid groups (broad SMARTS) is 1. The molecule has 0 radical (unpaired) electrons. The van der Waals surface area contributed by atoms with Crippen LogP contribution in [0.2, 0.25) is 0 Å². The molecule has 6 atom stereocenters. The lowest BCUT2D eigenvalue weighted by Gasteiger charge is -2.39.